The minimum Gasteiger partial charge on any atom is -0.393 e. The molecule has 0 radical (unpaired) electrons. The van der Waals surface area contributed by atoms with Gasteiger partial charge in [-0.2, -0.15) is 0 Å². The quantitative estimate of drug-likeness (QED) is 0.688. The van der Waals surface area contributed by atoms with E-state index >= 15 is 0 Å². The Kier molecular flexibility index (Phi) is 4.13. The molecule has 3 N–H and O–H groups in total. The Labute approximate surface area is 136 Å². The molecular weight excluding hydrogens is 329 g/mol. The Bertz CT molecular complexity index is 723. The number of imidazole rings is 1. The van der Waals surface area contributed by atoms with Crippen LogP contribution in [0.1, 0.15) is 12.1 Å². The first-order valence-electron chi connectivity index (χ1n) is 7.03. The molecule has 4 atom stereocenters. The number of fused-ring (bicyclic) bond motifs is 1. The standard InChI is InChI=1S/C13H17ClFN5O3/c1-6-18-10(16-2)8-11(19-6)20(5-17-8)12-7(15)9(22)13(3-14,4-21)23-12/h5,7,9,12,21-22H,3-4H2,1-2H3,(H,16,18,19)/t7-,9+,12-,13-/m1/s1. The number of alkyl halides is 2. The molecular formula is C13H17ClFN5O3. The van der Waals surface area contributed by atoms with E-state index in [-0.39, 0.29) is 5.88 Å². The van der Waals surface area contributed by atoms with E-state index in [0.29, 0.717) is 22.8 Å². The SMILES string of the molecule is CNc1nc(C)nc2c1ncn2[C@@H]1O[C@@](CO)(CCl)[C@@H](O)[C@H]1F. The highest BCUT2D eigenvalue weighted by atomic mass is 35.5. The molecule has 1 aliphatic rings. The molecule has 0 spiro atoms. The van der Waals surface area contributed by atoms with Crippen LogP contribution in [-0.4, -0.2) is 67.1 Å². The molecule has 0 amide bonds. The summed E-state index contributed by atoms with van der Waals surface area (Å²) in [6.07, 6.45) is -3.17. The average molecular weight is 346 g/mol. The summed E-state index contributed by atoms with van der Waals surface area (Å²) < 4.78 is 21.5. The largest absolute Gasteiger partial charge is 0.393 e. The number of nitrogens with zero attached hydrogens (tertiary/aromatic N) is 4. The first-order chi connectivity index (χ1) is 11.0. The fourth-order valence-electron chi connectivity index (χ4n) is 2.70. The van der Waals surface area contributed by atoms with Crippen LogP contribution in [0.2, 0.25) is 0 Å². The normalized spacial score (nSPS) is 31.0. The highest BCUT2D eigenvalue weighted by Gasteiger charge is 2.55. The van der Waals surface area contributed by atoms with Gasteiger partial charge in [0.2, 0.25) is 0 Å². The van der Waals surface area contributed by atoms with Crippen LogP contribution in [0.15, 0.2) is 6.33 Å². The summed E-state index contributed by atoms with van der Waals surface area (Å²) in [5.41, 5.74) is -0.739. The summed E-state index contributed by atoms with van der Waals surface area (Å²) in [6, 6.07) is 0. The summed E-state index contributed by atoms with van der Waals surface area (Å²) in [5.74, 6) is 0.735. The van der Waals surface area contributed by atoms with Crippen molar-refractivity contribution in [2.45, 2.75) is 31.0 Å². The number of hydrogen-bond donors (Lipinski definition) is 3. The zero-order valence-corrected chi connectivity index (χ0v) is 13.3. The molecule has 0 unspecified atom stereocenters. The highest BCUT2D eigenvalue weighted by molar-refractivity contribution is 6.18. The maximum atomic E-state index is 14.6. The molecule has 0 aromatic carbocycles. The van der Waals surface area contributed by atoms with Gasteiger partial charge in [0.05, 0.1) is 18.8 Å². The minimum absolute atomic E-state index is 0.246. The molecule has 2 aromatic rings. The number of hydrogen-bond acceptors (Lipinski definition) is 7. The van der Waals surface area contributed by atoms with Gasteiger partial charge in [-0.15, -0.1) is 11.6 Å². The van der Waals surface area contributed by atoms with Gasteiger partial charge in [-0.1, -0.05) is 0 Å². The van der Waals surface area contributed by atoms with Crippen molar-refractivity contribution in [1.29, 1.82) is 0 Å². The van der Waals surface area contributed by atoms with Crippen molar-refractivity contribution >= 4 is 28.6 Å². The predicted octanol–water partition coefficient (Wildman–Crippen LogP) is 0.374. The Hall–Kier alpha value is -1.55. The third-order valence-electron chi connectivity index (χ3n) is 4.01. The van der Waals surface area contributed by atoms with Crippen LogP contribution in [0.4, 0.5) is 10.2 Å². The van der Waals surface area contributed by atoms with Gasteiger partial charge in [0.15, 0.2) is 29.4 Å². The summed E-state index contributed by atoms with van der Waals surface area (Å²) in [7, 11) is 1.69. The molecule has 2 aromatic heterocycles. The van der Waals surface area contributed by atoms with E-state index in [9.17, 15) is 14.6 Å². The van der Waals surface area contributed by atoms with E-state index in [2.05, 4.69) is 20.3 Å². The van der Waals surface area contributed by atoms with E-state index in [1.807, 2.05) is 0 Å². The molecule has 0 aliphatic carbocycles. The van der Waals surface area contributed by atoms with Crippen LogP contribution in [0.3, 0.4) is 0 Å². The van der Waals surface area contributed by atoms with Crippen molar-refractivity contribution in [3.05, 3.63) is 12.2 Å². The third-order valence-corrected chi connectivity index (χ3v) is 4.46. The topological polar surface area (TPSA) is 105 Å². The van der Waals surface area contributed by atoms with E-state index in [1.165, 1.54) is 10.9 Å². The van der Waals surface area contributed by atoms with Crippen LogP contribution >= 0.6 is 11.6 Å². The van der Waals surface area contributed by atoms with Gasteiger partial charge < -0.3 is 20.3 Å². The summed E-state index contributed by atoms with van der Waals surface area (Å²) in [6.45, 7) is 1.10. The monoisotopic (exact) mass is 345 g/mol. The van der Waals surface area contributed by atoms with Crippen molar-refractivity contribution < 1.29 is 19.3 Å². The van der Waals surface area contributed by atoms with Crippen molar-refractivity contribution in [3.63, 3.8) is 0 Å². The second kappa shape index (κ2) is 5.82. The number of rotatable bonds is 4. The highest BCUT2D eigenvalue weighted by Crippen LogP contribution is 2.40. The molecule has 1 fully saturated rings. The third kappa shape index (κ3) is 2.35. The molecule has 1 aliphatic heterocycles. The molecule has 8 nitrogen and oxygen atoms in total. The van der Waals surface area contributed by atoms with E-state index in [1.54, 1.807) is 14.0 Å². The zero-order chi connectivity index (χ0) is 16.8. The van der Waals surface area contributed by atoms with E-state index in [0.717, 1.165) is 0 Å². The molecule has 10 heteroatoms. The van der Waals surface area contributed by atoms with Gasteiger partial charge in [-0.3, -0.25) is 4.57 Å². The maximum absolute atomic E-state index is 14.6. The predicted molar refractivity (Wildman–Crippen MR) is 81.2 cm³/mol. The fourth-order valence-corrected chi connectivity index (χ4v) is 3.01. The van der Waals surface area contributed by atoms with Crippen LogP contribution in [0.5, 0.6) is 0 Å². The summed E-state index contributed by atoms with van der Waals surface area (Å²) in [4.78, 5) is 12.7. The number of aromatic nitrogens is 4. The van der Waals surface area contributed by atoms with E-state index < -0.39 is 30.7 Å². The Morgan fingerprint density at radius 3 is 2.83 bits per heavy atom. The average Bonchev–Trinajstić information content (AvgIpc) is 3.07. The molecule has 1 saturated heterocycles. The Morgan fingerprint density at radius 2 is 2.26 bits per heavy atom. The zero-order valence-electron chi connectivity index (χ0n) is 12.6. The lowest BCUT2D eigenvalue weighted by molar-refractivity contribution is -0.113. The lowest BCUT2D eigenvalue weighted by Crippen LogP contribution is -2.47. The number of aliphatic hydroxyl groups excluding tert-OH is 2. The van der Waals surface area contributed by atoms with Gasteiger partial charge in [0, 0.05) is 7.05 Å². The van der Waals surface area contributed by atoms with Gasteiger partial charge in [0.1, 0.15) is 17.5 Å². The smallest absolute Gasteiger partial charge is 0.174 e. The lowest BCUT2D eigenvalue weighted by atomic mass is 9.99. The van der Waals surface area contributed by atoms with E-state index in [4.69, 9.17) is 16.3 Å². The number of anilines is 1. The molecule has 3 heterocycles. The number of aryl methyl sites for hydroxylation is 1. The summed E-state index contributed by atoms with van der Waals surface area (Å²) >= 11 is 5.77. The van der Waals surface area contributed by atoms with Crippen molar-refractivity contribution in [2.75, 3.05) is 24.9 Å². The number of nitrogens with one attached hydrogen (secondary N) is 1. The first-order valence-corrected chi connectivity index (χ1v) is 7.56. The Morgan fingerprint density at radius 1 is 1.52 bits per heavy atom. The van der Waals surface area contributed by atoms with Gasteiger partial charge in [-0.25, -0.2) is 19.3 Å². The van der Waals surface area contributed by atoms with Crippen LogP contribution < -0.4 is 5.32 Å². The minimum atomic E-state index is -1.79. The Balaban J connectivity index is 2.09. The molecule has 0 saturated carbocycles. The maximum Gasteiger partial charge on any atom is 0.174 e. The molecule has 126 valence electrons. The fraction of sp³-hybridized carbons (Fsp3) is 0.615. The van der Waals surface area contributed by atoms with Gasteiger partial charge in [-0.05, 0) is 6.92 Å². The van der Waals surface area contributed by atoms with Crippen LogP contribution in [-0.2, 0) is 4.74 Å². The number of aliphatic hydroxyl groups is 2. The second-order valence-corrected chi connectivity index (χ2v) is 5.71. The van der Waals surface area contributed by atoms with Crippen LogP contribution in [0, 0.1) is 6.92 Å². The van der Waals surface area contributed by atoms with Crippen molar-refractivity contribution in [3.8, 4) is 0 Å². The van der Waals surface area contributed by atoms with Gasteiger partial charge >= 0.3 is 0 Å². The second-order valence-electron chi connectivity index (χ2n) is 5.45. The van der Waals surface area contributed by atoms with Gasteiger partial charge in [0.25, 0.3) is 0 Å². The van der Waals surface area contributed by atoms with Crippen molar-refractivity contribution in [1.82, 2.24) is 19.5 Å². The molecule has 0 bridgehead atoms. The molecule has 3 rings (SSSR count). The van der Waals surface area contributed by atoms with Crippen LogP contribution in [0.25, 0.3) is 11.2 Å². The first kappa shape index (κ1) is 16.3. The lowest BCUT2D eigenvalue weighted by Gasteiger charge is -2.26. The summed E-state index contributed by atoms with van der Waals surface area (Å²) in [5, 5.41) is 22.4. The molecule has 23 heavy (non-hydrogen) atoms. The number of halogens is 2. The van der Waals surface area contributed by atoms with Crippen molar-refractivity contribution in [2.24, 2.45) is 0 Å². The number of ether oxygens (including phenoxy) is 1.